The van der Waals surface area contributed by atoms with E-state index in [4.69, 9.17) is 0 Å². The minimum Gasteiger partial charge on any atom is -0.465 e. The fourth-order valence-corrected chi connectivity index (χ4v) is 3.09. The Bertz CT molecular complexity index is 878. The summed E-state index contributed by atoms with van der Waals surface area (Å²) in [7, 11) is 1.30. The van der Waals surface area contributed by atoms with Gasteiger partial charge in [0.15, 0.2) is 0 Å². The van der Waals surface area contributed by atoms with Crippen molar-refractivity contribution >= 4 is 23.4 Å². The van der Waals surface area contributed by atoms with Gasteiger partial charge in [0, 0.05) is 38.1 Å². The third-order valence-corrected chi connectivity index (χ3v) is 4.73. The molecule has 3 rings (SSSR count). The number of carbonyl (C=O) groups is 2. The lowest BCUT2D eigenvalue weighted by molar-refractivity contribution is -0.137. The molecule has 1 amide bonds. The highest BCUT2D eigenvalue weighted by Crippen LogP contribution is 2.29. The average molecular weight is 422 g/mol. The number of methoxy groups -OCH3 is 1. The van der Waals surface area contributed by atoms with Crippen LogP contribution in [-0.4, -0.2) is 61.6 Å². The Balaban J connectivity index is 1.47. The SMILES string of the molecule is COC(=O)c1ccc(NC(=O)CN2CCN(c3ccc(C(F)(F)F)cn3)CC2)cc1. The third kappa shape index (κ3) is 5.47. The number of nitrogens with one attached hydrogen (secondary N) is 1. The van der Waals surface area contributed by atoms with Gasteiger partial charge in [0.25, 0.3) is 0 Å². The molecule has 1 N–H and O–H groups in total. The van der Waals surface area contributed by atoms with Gasteiger partial charge in [-0.25, -0.2) is 9.78 Å². The van der Waals surface area contributed by atoms with E-state index in [1.807, 2.05) is 9.80 Å². The molecule has 0 atom stereocenters. The number of piperazine rings is 1. The first-order chi connectivity index (χ1) is 14.3. The summed E-state index contributed by atoms with van der Waals surface area (Å²) in [5, 5.41) is 2.77. The molecule has 10 heteroatoms. The number of nitrogens with zero attached hydrogens (tertiary/aromatic N) is 3. The van der Waals surface area contributed by atoms with Gasteiger partial charge in [-0.2, -0.15) is 13.2 Å². The van der Waals surface area contributed by atoms with E-state index in [0.29, 0.717) is 43.2 Å². The van der Waals surface area contributed by atoms with E-state index in [-0.39, 0.29) is 12.5 Å². The fraction of sp³-hybridized carbons (Fsp3) is 0.350. The van der Waals surface area contributed by atoms with Gasteiger partial charge >= 0.3 is 12.1 Å². The second-order valence-electron chi connectivity index (χ2n) is 6.78. The molecule has 160 valence electrons. The Morgan fingerprint density at radius 2 is 1.73 bits per heavy atom. The summed E-state index contributed by atoms with van der Waals surface area (Å²) in [5.74, 6) is -0.159. The number of ether oxygens (including phenoxy) is 1. The van der Waals surface area contributed by atoms with Gasteiger partial charge < -0.3 is 15.0 Å². The predicted molar refractivity (Wildman–Crippen MR) is 104 cm³/mol. The Morgan fingerprint density at radius 1 is 1.07 bits per heavy atom. The molecule has 1 aliphatic heterocycles. The number of aromatic nitrogens is 1. The average Bonchev–Trinajstić information content (AvgIpc) is 2.73. The number of halogens is 3. The van der Waals surface area contributed by atoms with Crippen LogP contribution in [0.5, 0.6) is 0 Å². The number of amides is 1. The topological polar surface area (TPSA) is 74.8 Å². The molecule has 1 aliphatic rings. The van der Waals surface area contributed by atoms with E-state index < -0.39 is 17.7 Å². The molecule has 0 bridgehead atoms. The maximum atomic E-state index is 12.6. The van der Waals surface area contributed by atoms with Crippen molar-refractivity contribution < 1.29 is 27.5 Å². The first-order valence-corrected chi connectivity index (χ1v) is 9.25. The van der Waals surface area contributed by atoms with E-state index in [2.05, 4.69) is 15.0 Å². The zero-order valence-electron chi connectivity index (χ0n) is 16.3. The molecule has 1 saturated heterocycles. The van der Waals surface area contributed by atoms with Crippen LogP contribution in [0.3, 0.4) is 0 Å². The second kappa shape index (κ2) is 9.12. The van der Waals surface area contributed by atoms with Gasteiger partial charge in [-0.3, -0.25) is 9.69 Å². The van der Waals surface area contributed by atoms with Crippen molar-refractivity contribution in [3.63, 3.8) is 0 Å². The summed E-state index contributed by atoms with van der Waals surface area (Å²) >= 11 is 0. The zero-order valence-corrected chi connectivity index (χ0v) is 16.3. The smallest absolute Gasteiger partial charge is 0.417 e. The highest BCUT2D eigenvalue weighted by molar-refractivity contribution is 5.94. The zero-order chi connectivity index (χ0) is 21.7. The normalized spacial score (nSPS) is 15.0. The van der Waals surface area contributed by atoms with Crippen molar-refractivity contribution in [2.45, 2.75) is 6.18 Å². The van der Waals surface area contributed by atoms with Crippen molar-refractivity contribution in [3.8, 4) is 0 Å². The van der Waals surface area contributed by atoms with E-state index >= 15 is 0 Å². The van der Waals surface area contributed by atoms with Crippen molar-refractivity contribution in [2.75, 3.05) is 50.1 Å². The molecule has 0 radical (unpaired) electrons. The number of pyridine rings is 1. The summed E-state index contributed by atoms with van der Waals surface area (Å²) in [6.07, 6.45) is -3.57. The van der Waals surface area contributed by atoms with E-state index in [9.17, 15) is 22.8 Å². The first-order valence-electron chi connectivity index (χ1n) is 9.25. The number of benzene rings is 1. The molecule has 1 aromatic carbocycles. The van der Waals surface area contributed by atoms with Crippen molar-refractivity contribution in [1.82, 2.24) is 9.88 Å². The predicted octanol–water partition coefficient (Wildman–Crippen LogP) is 2.65. The van der Waals surface area contributed by atoms with Crippen LogP contribution in [0.1, 0.15) is 15.9 Å². The number of esters is 1. The molecule has 7 nitrogen and oxygen atoms in total. The van der Waals surface area contributed by atoms with Crippen molar-refractivity contribution in [3.05, 3.63) is 53.7 Å². The van der Waals surface area contributed by atoms with Crippen LogP contribution in [0.2, 0.25) is 0 Å². The summed E-state index contributed by atoms with van der Waals surface area (Å²) < 4.78 is 42.6. The minimum atomic E-state index is -4.41. The van der Waals surface area contributed by atoms with E-state index in [1.165, 1.54) is 13.2 Å². The van der Waals surface area contributed by atoms with Gasteiger partial charge in [-0.15, -0.1) is 0 Å². The summed E-state index contributed by atoms with van der Waals surface area (Å²) in [6, 6.07) is 8.77. The fourth-order valence-electron chi connectivity index (χ4n) is 3.09. The number of hydrogen-bond donors (Lipinski definition) is 1. The Hall–Kier alpha value is -3.14. The van der Waals surface area contributed by atoms with Crippen LogP contribution in [0, 0.1) is 0 Å². The lowest BCUT2D eigenvalue weighted by Crippen LogP contribution is -2.48. The van der Waals surface area contributed by atoms with Crippen LogP contribution in [0.15, 0.2) is 42.6 Å². The Labute approximate surface area is 171 Å². The van der Waals surface area contributed by atoms with Gasteiger partial charge in [-0.05, 0) is 36.4 Å². The number of anilines is 2. The largest absolute Gasteiger partial charge is 0.465 e. The standard InChI is InChI=1S/C20H21F3N4O3/c1-30-19(29)14-2-5-16(6-3-14)25-18(28)13-26-8-10-27(11-9-26)17-7-4-15(12-24-17)20(21,22)23/h2-7,12H,8-11,13H2,1H3,(H,25,28). The van der Waals surface area contributed by atoms with Crippen LogP contribution in [-0.2, 0) is 15.7 Å². The lowest BCUT2D eigenvalue weighted by Gasteiger charge is -2.35. The minimum absolute atomic E-state index is 0.188. The highest BCUT2D eigenvalue weighted by Gasteiger charge is 2.31. The first kappa shape index (κ1) is 21.6. The van der Waals surface area contributed by atoms with Gasteiger partial charge in [0.1, 0.15) is 5.82 Å². The molecule has 0 spiro atoms. The molecule has 30 heavy (non-hydrogen) atoms. The monoisotopic (exact) mass is 422 g/mol. The quantitative estimate of drug-likeness (QED) is 0.747. The summed E-state index contributed by atoms with van der Waals surface area (Å²) in [6.45, 7) is 2.46. The summed E-state index contributed by atoms with van der Waals surface area (Å²) in [4.78, 5) is 31.4. The molecule has 1 fully saturated rings. The lowest BCUT2D eigenvalue weighted by atomic mass is 10.2. The maximum Gasteiger partial charge on any atom is 0.417 e. The number of hydrogen-bond acceptors (Lipinski definition) is 6. The van der Waals surface area contributed by atoms with Gasteiger partial charge in [-0.1, -0.05) is 0 Å². The van der Waals surface area contributed by atoms with E-state index in [1.54, 1.807) is 24.3 Å². The molecular formula is C20H21F3N4O3. The maximum absolute atomic E-state index is 12.6. The summed E-state index contributed by atoms with van der Waals surface area (Å²) in [5.41, 5.74) is 0.185. The van der Waals surface area contributed by atoms with Crippen LogP contribution in [0.25, 0.3) is 0 Å². The van der Waals surface area contributed by atoms with Crippen molar-refractivity contribution in [2.24, 2.45) is 0 Å². The molecule has 0 saturated carbocycles. The number of rotatable bonds is 5. The molecule has 0 aliphatic carbocycles. The highest BCUT2D eigenvalue weighted by atomic mass is 19.4. The van der Waals surface area contributed by atoms with Crippen molar-refractivity contribution in [1.29, 1.82) is 0 Å². The Morgan fingerprint density at radius 3 is 2.27 bits per heavy atom. The molecule has 0 unspecified atom stereocenters. The number of alkyl halides is 3. The Kier molecular flexibility index (Phi) is 6.56. The molecular weight excluding hydrogens is 401 g/mol. The van der Waals surface area contributed by atoms with Crippen LogP contribution < -0.4 is 10.2 Å². The molecule has 2 aromatic rings. The molecule has 2 heterocycles. The molecule has 1 aromatic heterocycles. The van der Waals surface area contributed by atoms with Gasteiger partial charge in [0.2, 0.25) is 5.91 Å². The van der Waals surface area contributed by atoms with Crippen LogP contribution >= 0.6 is 0 Å². The number of carbonyl (C=O) groups excluding carboxylic acids is 2. The third-order valence-electron chi connectivity index (χ3n) is 4.73. The second-order valence-corrected chi connectivity index (χ2v) is 6.78. The van der Waals surface area contributed by atoms with Crippen LogP contribution in [0.4, 0.5) is 24.7 Å². The van der Waals surface area contributed by atoms with E-state index in [0.717, 1.165) is 12.3 Å². The van der Waals surface area contributed by atoms with Gasteiger partial charge in [0.05, 0.1) is 24.8 Å².